The van der Waals surface area contributed by atoms with Crippen LogP contribution in [-0.2, 0) is 37.1 Å². The molecule has 152 valence electrons. The van der Waals surface area contributed by atoms with Gasteiger partial charge in [-0.25, -0.2) is 31.5 Å². The minimum absolute atomic E-state index is 0.0331. The van der Waals surface area contributed by atoms with E-state index in [0.29, 0.717) is 17.8 Å². The fourth-order valence-electron chi connectivity index (χ4n) is 2.38. The van der Waals surface area contributed by atoms with Crippen LogP contribution in [0.5, 0.6) is 0 Å². The van der Waals surface area contributed by atoms with E-state index in [-0.39, 0.29) is 16.2 Å². The van der Waals surface area contributed by atoms with Crippen molar-refractivity contribution in [3.8, 4) is 0 Å². The van der Waals surface area contributed by atoms with E-state index in [2.05, 4.69) is 10.0 Å². The molecule has 11 heteroatoms. The first-order valence-corrected chi connectivity index (χ1v) is 11.2. The number of nitrogens with two attached hydrogens (primary N) is 1. The highest BCUT2D eigenvalue weighted by Gasteiger charge is 2.17. The van der Waals surface area contributed by atoms with Gasteiger partial charge >= 0.3 is 5.97 Å². The summed E-state index contributed by atoms with van der Waals surface area (Å²) in [4.78, 5) is 11.8. The van der Waals surface area contributed by atoms with E-state index < -0.39 is 26.0 Å². The molecule has 0 saturated heterocycles. The first-order chi connectivity index (χ1) is 13.1. The second-order valence-electron chi connectivity index (χ2n) is 5.88. The summed E-state index contributed by atoms with van der Waals surface area (Å²) in [6, 6.07) is 10.8. The molecule has 4 N–H and O–H groups in total. The Kier molecular flexibility index (Phi) is 6.77. The molecule has 0 amide bonds. The summed E-state index contributed by atoms with van der Waals surface area (Å²) in [5, 5.41) is 8.14. The number of benzene rings is 2. The monoisotopic (exact) mass is 427 g/mol. The fourth-order valence-corrected chi connectivity index (χ4v) is 3.69. The van der Waals surface area contributed by atoms with Gasteiger partial charge in [0.2, 0.25) is 20.0 Å². The molecule has 0 fully saturated rings. The van der Waals surface area contributed by atoms with Crippen molar-refractivity contribution in [3.05, 3.63) is 59.2 Å². The van der Waals surface area contributed by atoms with Crippen molar-refractivity contribution < 1.29 is 26.4 Å². The SMILES string of the molecule is CNS(=O)(=O)Cc1ccc(CNc2ccc(S(N)(=O)=O)cc2C(=O)OC)cc1. The number of hydrogen-bond acceptors (Lipinski definition) is 7. The Morgan fingerprint density at radius 3 is 2.18 bits per heavy atom. The normalized spacial score (nSPS) is 11.8. The predicted octanol–water partition coefficient (Wildman–Crippen LogP) is 0.782. The number of esters is 1. The van der Waals surface area contributed by atoms with Crippen LogP contribution in [0.15, 0.2) is 47.4 Å². The summed E-state index contributed by atoms with van der Waals surface area (Å²) >= 11 is 0. The average molecular weight is 428 g/mol. The van der Waals surface area contributed by atoms with Gasteiger partial charge in [0.1, 0.15) is 0 Å². The molecular formula is C17H21N3O6S2. The molecule has 0 aliphatic heterocycles. The Labute approximate surface area is 164 Å². The van der Waals surface area contributed by atoms with E-state index >= 15 is 0 Å². The number of hydrogen-bond donors (Lipinski definition) is 3. The van der Waals surface area contributed by atoms with Gasteiger partial charge in [-0.1, -0.05) is 24.3 Å². The largest absolute Gasteiger partial charge is 0.465 e. The summed E-state index contributed by atoms with van der Waals surface area (Å²) in [5.41, 5.74) is 1.87. The summed E-state index contributed by atoms with van der Waals surface area (Å²) in [7, 11) is -4.77. The average Bonchev–Trinajstić information content (AvgIpc) is 2.65. The third-order valence-electron chi connectivity index (χ3n) is 3.90. The van der Waals surface area contributed by atoms with Crippen LogP contribution in [0.4, 0.5) is 5.69 Å². The van der Waals surface area contributed by atoms with Gasteiger partial charge < -0.3 is 10.1 Å². The quantitative estimate of drug-likeness (QED) is 0.528. The lowest BCUT2D eigenvalue weighted by molar-refractivity contribution is 0.0601. The minimum atomic E-state index is -3.96. The number of primary sulfonamides is 1. The van der Waals surface area contributed by atoms with E-state index in [1.807, 2.05) is 0 Å². The van der Waals surface area contributed by atoms with Crippen LogP contribution in [0.25, 0.3) is 0 Å². The summed E-state index contributed by atoms with van der Waals surface area (Å²) in [6.07, 6.45) is 0. The maximum absolute atomic E-state index is 12.0. The zero-order valence-electron chi connectivity index (χ0n) is 15.3. The number of rotatable bonds is 8. The molecule has 0 aromatic heterocycles. The highest BCUT2D eigenvalue weighted by molar-refractivity contribution is 7.89. The van der Waals surface area contributed by atoms with Crippen LogP contribution in [-0.4, -0.2) is 37.0 Å². The number of carbonyl (C=O) groups is 1. The highest BCUT2D eigenvalue weighted by atomic mass is 32.2. The third-order valence-corrected chi connectivity index (χ3v) is 6.14. The first kappa shape index (κ1) is 21.8. The molecule has 9 nitrogen and oxygen atoms in total. The van der Waals surface area contributed by atoms with Gasteiger partial charge in [0.25, 0.3) is 0 Å². The molecule has 28 heavy (non-hydrogen) atoms. The Bertz CT molecular complexity index is 1060. The first-order valence-electron chi connectivity index (χ1n) is 8.04. The van der Waals surface area contributed by atoms with E-state index in [1.54, 1.807) is 24.3 Å². The van der Waals surface area contributed by atoms with Crippen molar-refractivity contribution in [2.24, 2.45) is 5.14 Å². The molecular weight excluding hydrogens is 406 g/mol. The number of methoxy groups -OCH3 is 1. The van der Waals surface area contributed by atoms with Gasteiger partial charge in [0, 0.05) is 12.2 Å². The third kappa shape index (κ3) is 5.76. The molecule has 0 bridgehead atoms. The Morgan fingerprint density at radius 2 is 1.64 bits per heavy atom. The maximum atomic E-state index is 12.0. The van der Waals surface area contributed by atoms with E-state index in [4.69, 9.17) is 9.88 Å². The minimum Gasteiger partial charge on any atom is -0.465 e. The van der Waals surface area contributed by atoms with Crippen molar-refractivity contribution >= 4 is 31.7 Å². The van der Waals surface area contributed by atoms with E-state index in [1.165, 1.54) is 26.3 Å². The van der Waals surface area contributed by atoms with Gasteiger partial charge in [-0.05, 0) is 36.4 Å². The van der Waals surface area contributed by atoms with Crippen molar-refractivity contribution in [2.45, 2.75) is 17.2 Å². The lowest BCUT2D eigenvalue weighted by Crippen LogP contribution is -2.20. The molecule has 0 saturated carbocycles. The van der Waals surface area contributed by atoms with E-state index in [0.717, 1.165) is 11.6 Å². The Morgan fingerprint density at radius 1 is 1.04 bits per heavy atom. The molecule has 0 atom stereocenters. The van der Waals surface area contributed by atoms with Crippen LogP contribution < -0.4 is 15.2 Å². The van der Waals surface area contributed by atoms with Gasteiger partial charge in [-0.3, -0.25) is 0 Å². The molecule has 0 aliphatic rings. The molecule has 0 unspecified atom stereocenters. The summed E-state index contributed by atoms with van der Waals surface area (Å²) in [5.74, 6) is -0.834. The lowest BCUT2D eigenvalue weighted by Gasteiger charge is -2.12. The predicted molar refractivity (Wildman–Crippen MR) is 105 cm³/mol. The second kappa shape index (κ2) is 8.69. The van der Waals surface area contributed by atoms with Crippen molar-refractivity contribution in [1.29, 1.82) is 0 Å². The van der Waals surface area contributed by atoms with Crippen molar-refractivity contribution in [3.63, 3.8) is 0 Å². The number of nitrogens with one attached hydrogen (secondary N) is 2. The van der Waals surface area contributed by atoms with Gasteiger partial charge in [-0.15, -0.1) is 0 Å². The molecule has 0 spiro atoms. The van der Waals surface area contributed by atoms with Gasteiger partial charge in [0.05, 0.1) is 23.3 Å². The number of ether oxygens (including phenoxy) is 1. The number of carbonyl (C=O) groups excluding carboxylic acids is 1. The maximum Gasteiger partial charge on any atom is 0.340 e. The number of anilines is 1. The molecule has 0 aliphatic carbocycles. The molecule has 2 aromatic carbocycles. The van der Waals surface area contributed by atoms with Crippen molar-refractivity contribution in [1.82, 2.24) is 4.72 Å². The zero-order valence-corrected chi connectivity index (χ0v) is 16.9. The van der Waals surface area contributed by atoms with Crippen LogP contribution in [0.3, 0.4) is 0 Å². The second-order valence-corrected chi connectivity index (χ2v) is 9.37. The lowest BCUT2D eigenvalue weighted by atomic mass is 10.1. The zero-order chi connectivity index (χ0) is 20.9. The fraction of sp³-hybridized carbons (Fsp3) is 0.235. The van der Waals surface area contributed by atoms with Crippen LogP contribution in [0, 0.1) is 0 Å². The molecule has 2 aromatic rings. The summed E-state index contributed by atoms with van der Waals surface area (Å²) in [6.45, 7) is 0.317. The van der Waals surface area contributed by atoms with Crippen LogP contribution in [0.2, 0.25) is 0 Å². The Hall–Kier alpha value is -2.47. The smallest absolute Gasteiger partial charge is 0.340 e. The summed E-state index contributed by atoms with van der Waals surface area (Å²) < 4.78 is 53.1. The molecule has 2 rings (SSSR count). The highest BCUT2D eigenvalue weighted by Crippen LogP contribution is 2.22. The van der Waals surface area contributed by atoms with Crippen LogP contribution in [0.1, 0.15) is 21.5 Å². The van der Waals surface area contributed by atoms with Gasteiger partial charge in [0.15, 0.2) is 0 Å². The van der Waals surface area contributed by atoms with E-state index in [9.17, 15) is 21.6 Å². The van der Waals surface area contributed by atoms with Crippen LogP contribution >= 0.6 is 0 Å². The molecule has 0 heterocycles. The topological polar surface area (TPSA) is 145 Å². The number of sulfonamides is 2. The molecule has 0 radical (unpaired) electrons. The Balaban J connectivity index is 2.19. The van der Waals surface area contributed by atoms with Crippen molar-refractivity contribution in [2.75, 3.05) is 19.5 Å². The standard InChI is InChI=1S/C17H21N3O6S2/c1-19-27(22,23)11-13-5-3-12(4-6-13)10-20-16-8-7-14(28(18,24)25)9-15(16)17(21)26-2/h3-9,19-20H,10-11H2,1-2H3,(H2,18,24,25). The van der Waals surface area contributed by atoms with Gasteiger partial charge in [-0.2, -0.15) is 0 Å².